The first-order valence-corrected chi connectivity index (χ1v) is 52.9. The largest absolute Gasteiger partial charge is 2.00 e. The third-order valence-electron chi connectivity index (χ3n) is 25.0. The van der Waals surface area contributed by atoms with Gasteiger partial charge in [0.2, 0.25) is 23.5 Å². The number of halogens is 6. The van der Waals surface area contributed by atoms with Crippen LogP contribution in [0.5, 0.6) is 46.5 Å². The minimum atomic E-state index is -4.62. The monoisotopic (exact) mass is 2780 g/mol. The van der Waals surface area contributed by atoms with Gasteiger partial charge in [0, 0.05) is 111 Å². The Labute approximate surface area is 919 Å². The molecule has 0 N–H and O–H groups in total. The maximum Gasteiger partial charge on any atom is 2.00 e. The molecule has 4 atom stereocenters. The van der Waals surface area contributed by atoms with Crippen LogP contribution in [0.25, 0.3) is 89.0 Å². The Morgan fingerprint density at radius 2 is 0.573 bits per heavy atom. The molecule has 4 aliphatic heterocycles. The van der Waals surface area contributed by atoms with E-state index in [1.54, 1.807) is 61.3 Å². The number of benzene rings is 12. The van der Waals surface area contributed by atoms with Crippen molar-refractivity contribution in [3.05, 3.63) is 458 Å². The summed E-state index contributed by atoms with van der Waals surface area (Å²) >= 11 is 0. The van der Waals surface area contributed by atoms with Crippen molar-refractivity contribution in [2.24, 2.45) is 0 Å². The van der Waals surface area contributed by atoms with Crippen molar-refractivity contribution in [2.45, 2.75) is 53.9 Å². The normalized spacial score (nSPS) is 15.6. The third-order valence-corrected chi connectivity index (χ3v) is 36.7. The maximum absolute atomic E-state index is 14.8. The summed E-state index contributed by atoms with van der Waals surface area (Å²) in [5.41, 5.74) is 18.9. The summed E-state index contributed by atoms with van der Waals surface area (Å²) in [6.45, 7) is 11.7. The van der Waals surface area contributed by atoms with Gasteiger partial charge in [0.1, 0.15) is 27.3 Å². The number of fused-ring (bicyclic) bond motifs is 12. The van der Waals surface area contributed by atoms with E-state index in [-0.39, 0.29) is 102 Å². The van der Waals surface area contributed by atoms with Gasteiger partial charge < -0.3 is 37.2 Å². The summed E-state index contributed by atoms with van der Waals surface area (Å²) in [5, 5.41) is 5.53. The minimum absolute atomic E-state index is 0. The van der Waals surface area contributed by atoms with Crippen LogP contribution in [0.15, 0.2) is 365 Å². The standard InChI is InChI=1S/2C30H18F3N2O2P.2C30H21N2O2P.4Pt/c1-19-13-15-34-28(16-19)38(36)26-10-3-2-8-23(26)24-12-11-21(18-27(24)38)20-6-4-7-22(17-20)37-29-25(30(31,32)33)9-5-14-35-29;1-19-11-13-35-29(15-19)38(36)26-8-3-2-7-24(26)25-10-9-21(17-27(25)38)20-5-4-6-23(16-20)37-28-18-22(12-14-34-28)30(31,32)33;1-20-15-16-31-30(17-20)35(33)27-11-4-3-10-25(27)26-14-13-23(19-28(26)35)22-8-6-9-24(18-22)34-29-12-5-7-21(2)32-29;1-20-14-15-31-30(16-20)35(33)27-9-4-3-8-25(27)26-12-11-23(18-28(26)35)22-6-5-7-24(17-22)34-29-13-10-21(2)19-32-29;;;;/h2-16H,1H3;2-15,18H,1H3;3-17H,1-2H3;3-16,19H,1-2H3;;;;/q4*-2;4*+2. The van der Waals surface area contributed by atoms with E-state index < -0.39 is 57.9 Å². The van der Waals surface area contributed by atoms with Crippen molar-refractivity contribution < 1.29 is 148 Å². The molecule has 4 unspecified atom stereocenters. The smallest absolute Gasteiger partial charge is 0.460 e. The third kappa shape index (κ3) is 21.2. The van der Waals surface area contributed by atoms with Crippen molar-refractivity contribution in [3.8, 4) is 136 Å². The molecule has 0 bridgehead atoms. The van der Waals surface area contributed by atoms with E-state index in [2.05, 4.69) is 88.4 Å². The van der Waals surface area contributed by atoms with Gasteiger partial charge in [0.15, 0.2) is 28.6 Å². The summed E-state index contributed by atoms with van der Waals surface area (Å²) in [4.78, 5) is 34.4. The van der Waals surface area contributed by atoms with Crippen LogP contribution in [0, 0.1) is 90.1 Å². The van der Waals surface area contributed by atoms with E-state index in [1.165, 1.54) is 18.3 Å². The SMILES string of the molecule is Cc1ccc(Oc2[c-]c(-c3[c-]c4c(cc3)-c3ccccc3P4(=O)c3cc(C)ccn3)ccc2)nc1.Cc1ccnc(P2(=O)c3[c-]c(-c4[c-]c(Oc5cc(C(F)(F)F)ccn5)ccc4)ccc3-c3ccccc32)c1.Cc1ccnc(P2(=O)c3[c-]c(-c4[c-]c(Oc5cccc(C)n5)ccc4)ccc3-c3ccccc32)c1.Cc1ccnc(P2(=O)c3[c-]c(-c4[c-]c(Oc5ncccc5C(F)(F)F)ccc4)ccc3-c3ccccc32)c1.[Pt+2].[Pt+2].[Pt+2].[Pt+2]. The van der Waals surface area contributed by atoms with Crippen molar-refractivity contribution in [1.29, 1.82) is 0 Å². The Morgan fingerprint density at radius 1 is 0.247 bits per heavy atom. The average Bonchev–Trinajstić information content (AvgIpc) is 1.57. The molecule has 20 aromatic rings. The summed E-state index contributed by atoms with van der Waals surface area (Å²) in [7, 11) is -12.9. The second-order valence-corrected chi connectivity index (χ2v) is 45.4. The number of hydrogen-bond donors (Lipinski definition) is 0. The number of rotatable bonds is 16. The molecule has 4 aliphatic rings. The summed E-state index contributed by atoms with van der Waals surface area (Å²) in [5.74, 6) is 1.63. The van der Waals surface area contributed by atoms with Crippen molar-refractivity contribution in [1.82, 2.24) is 39.9 Å². The Bertz CT molecular complexity index is 8810. The Hall–Kier alpha value is -13.7. The fourth-order valence-corrected chi connectivity index (χ4v) is 29.9. The van der Waals surface area contributed by atoms with Crippen LogP contribution in [0.4, 0.5) is 26.3 Å². The van der Waals surface area contributed by atoms with E-state index in [9.17, 15) is 44.6 Å². The number of hydrogen-bond acceptors (Lipinski definition) is 16. The van der Waals surface area contributed by atoms with Crippen LogP contribution in [0.1, 0.15) is 44.6 Å². The van der Waals surface area contributed by atoms with E-state index >= 15 is 0 Å². The van der Waals surface area contributed by atoms with Crippen molar-refractivity contribution >= 4 is 92.7 Å². The molecule has 16 nitrogen and oxygen atoms in total. The zero-order valence-corrected chi connectivity index (χ0v) is 92.5. The Kier molecular flexibility index (Phi) is 31.9. The zero-order chi connectivity index (χ0) is 101. The summed E-state index contributed by atoms with van der Waals surface area (Å²) in [6.07, 6.45) is 1.68. The van der Waals surface area contributed by atoms with E-state index in [0.29, 0.717) is 93.8 Å². The van der Waals surface area contributed by atoms with Gasteiger partial charge in [-0.3, -0.25) is 19.9 Å². The molecule has 24 rings (SSSR count). The number of aromatic nitrogens is 8. The molecule has 30 heteroatoms. The van der Waals surface area contributed by atoms with Gasteiger partial charge in [0.25, 0.3) is 0 Å². The first kappa shape index (κ1) is 108. The molecule has 150 heavy (non-hydrogen) atoms. The maximum atomic E-state index is 14.8. The summed E-state index contributed by atoms with van der Waals surface area (Å²) < 4.78 is 162. The van der Waals surface area contributed by atoms with Gasteiger partial charge in [0.05, 0.1) is 5.56 Å². The molecule has 8 aromatic heterocycles. The molecule has 0 aliphatic carbocycles. The number of nitrogens with zero attached hydrogens (tertiary/aromatic N) is 8. The van der Waals surface area contributed by atoms with Crippen molar-refractivity contribution in [2.75, 3.05) is 0 Å². The van der Waals surface area contributed by atoms with Crippen LogP contribution in [0.2, 0.25) is 0 Å². The first-order valence-electron chi connectivity index (χ1n) is 46.1. The molecule has 0 radical (unpaired) electrons. The zero-order valence-electron chi connectivity index (χ0n) is 79.8. The molecule has 0 spiro atoms. The first-order chi connectivity index (χ1) is 70.5. The molecule has 12 heterocycles. The van der Waals surface area contributed by atoms with Crippen LogP contribution >= 0.6 is 28.6 Å². The topological polar surface area (TPSA) is 208 Å². The average molecular weight is 2780 g/mol. The molecule has 748 valence electrons. The second kappa shape index (κ2) is 44.4. The van der Waals surface area contributed by atoms with Crippen molar-refractivity contribution in [3.63, 3.8) is 0 Å². The number of alkyl halides is 6. The van der Waals surface area contributed by atoms with Gasteiger partial charge in [-0.25, -0.2) is 64.4 Å². The molecule has 0 fully saturated rings. The number of ether oxygens (including phenoxy) is 4. The minimum Gasteiger partial charge on any atom is -0.460 e. The fraction of sp³-hybridized carbons (Fsp3) is 0.0667. The number of aryl methyl sites for hydroxylation is 6. The van der Waals surface area contributed by atoms with Crippen LogP contribution in [0.3, 0.4) is 0 Å². The van der Waals surface area contributed by atoms with Gasteiger partial charge in [-0.2, -0.15) is 123 Å². The van der Waals surface area contributed by atoms with Gasteiger partial charge in [-0.15, -0.1) is 72.8 Å². The molecule has 12 aromatic carbocycles. The van der Waals surface area contributed by atoms with E-state index in [1.807, 2.05) is 302 Å². The predicted octanol–water partition coefficient (Wildman–Crippen LogP) is 24.5. The van der Waals surface area contributed by atoms with Gasteiger partial charge in [-0.1, -0.05) is 153 Å². The quantitative estimate of drug-likeness (QED) is 0.0500. The fourth-order valence-electron chi connectivity index (χ4n) is 18.0. The molecule has 0 saturated heterocycles. The number of pyridine rings is 8. The Morgan fingerprint density at radius 3 is 0.907 bits per heavy atom. The Balaban J connectivity index is 0.000000135. The van der Waals surface area contributed by atoms with Gasteiger partial charge in [-0.05, 0) is 164 Å². The van der Waals surface area contributed by atoms with Crippen LogP contribution in [-0.2, 0) is 115 Å². The molecule has 0 amide bonds. The molecule has 0 saturated carbocycles. The predicted molar refractivity (Wildman–Crippen MR) is 559 cm³/mol. The van der Waals surface area contributed by atoms with E-state index in [0.717, 1.165) is 141 Å². The van der Waals surface area contributed by atoms with Gasteiger partial charge >= 0.3 is 96.6 Å². The van der Waals surface area contributed by atoms with E-state index in [4.69, 9.17) is 18.9 Å². The van der Waals surface area contributed by atoms with Crippen LogP contribution < -0.4 is 83.1 Å². The van der Waals surface area contributed by atoms with Crippen LogP contribution in [-0.4, -0.2) is 39.9 Å². The molecular formula is C120H78F6N8O8P4Pt4. The molecular weight excluding hydrogens is 2700 g/mol. The second-order valence-electron chi connectivity index (χ2n) is 35.0. The summed E-state index contributed by atoms with van der Waals surface area (Å²) in [6, 6.07) is 123.